The number of nitrogens with one attached hydrogen (secondary N) is 1. The van der Waals surface area contributed by atoms with Crippen LogP contribution in [0.1, 0.15) is 18.1 Å². The fourth-order valence-electron chi connectivity index (χ4n) is 4.48. The maximum absolute atomic E-state index is 13.8. The van der Waals surface area contributed by atoms with Crippen LogP contribution in [-0.2, 0) is 16.0 Å². The number of H-pyrrole nitrogens is 1. The van der Waals surface area contributed by atoms with E-state index in [2.05, 4.69) is 9.98 Å². The first-order chi connectivity index (χ1) is 20.7. The first kappa shape index (κ1) is 30.1. The number of carboxylic acids is 1. The predicted molar refractivity (Wildman–Crippen MR) is 173 cm³/mol. The second-order valence-corrected chi connectivity index (χ2v) is 11.5. The quantitative estimate of drug-likeness (QED) is 0.0788. The molecule has 220 valence electrons. The molecule has 1 aliphatic rings. The minimum absolute atomic E-state index is 0.0497. The molecule has 0 aliphatic carbocycles. The first-order valence-corrected chi connectivity index (χ1v) is 15.0. The Morgan fingerprint density at radius 1 is 1.19 bits per heavy atom. The lowest BCUT2D eigenvalue weighted by atomic mass is 10.1. The highest BCUT2D eigenvalue weighted by atomic mass is 127. The molecule has 1 saturated heterocycles. The number of benzene rings is 3. The van der Waals surface area contributed by atoms with Gasteiger partial charge in [-0.05, 0) is 95.2 Å². The van der Waals surface area contributed by atoms with Crippen molar-refractivity contribution in [2.45, 2.75) is 13.3 Å². The van der Waals surface area contributed by atoms with Crippen molar-refractivity contribution < 1.29 is 29.1 Å². The summed E-state index contributed by atoms with van der Waals surface area (Å²) in [6.07, 6.45) is 4.24. The molecule has 13 heteroatoms. The third-order valence-electron chi connectivity index (χ3n) is 6.42. The van der Waals surface area contributed by atoms with E-state index in [0.717, 1.165) is 16.5 Å². The van der Waals surface area contributed by atoms with Crippen LogP contribution in [0.4, 0.5) is 11.4 Å². The molecule has 43 heavy (non-hydrogen) atoms. The van der Waals surface area contributed by atoms with Crippen molar-refractivity contribution in [1.82, 2.24) is 9.88 Å². The number of ether oxygens (including phenoxy) is 2. The van der Waals surface area contributed by atoms with Crippen LogP contribution in [0.3, 0.4) is 0 Å². The van der Waals surface area contributed by atoms with Crippen LogP contribution in [0.25, 0.3) is 17.0 Å². The number of amides is 1. The molecular weight excluding hydrogens is 687 g/mol. The topological polar surface area (TPSA) is 147 Å². The van der Waals surface area contributed by atoms with Crippen LogP contribution in [0.5, 0.6) is 11.5 Å². The highest BCUT2D eigenvalue weighted by molar-refractivity contribution is 14.1. The van der Waals surface area contributed by atoms with E-state index in [0.29, 0.717) is 56.0 Å². The Morgan fingerprint density at radius 3 is 2.67 bits per heavy atom. The number of para-hydroxylation sites is 1. The van der Waals surface area contributed by atoms with Crippen LogP contribution in [-0.4, -0.2) is 56.7 Å². The number of hydrogen-bond donors (Lipinski definition) is 2. The number of nitro benzene ring substituents is 1. The van der Waals surface area contributed by atoms with Gasteiger partial charge >= 0.3 is 5.97 Å². The fourth-order valence-corrected chi connectivity index (χ4v) is 6.28. The molecule has 5 rings (SSSR count). The zero-order valence-corrected chi connectivity index (χ0v) is 25.8. The Hall–Kier alpha value is -4.37. The molecule has 1 fully saturated rings. The monoisotopic (exact) mass is 712 g/mol. The number of aliphatic carboxylic acids is 1. The van der Waals surface area contributed by atoms with Crippen LogP contribution >= 0.6 is 34.4 Å². The molecule has 0 spiro atoms. The molecule has 0 saturated carbocycles. The van der Waals surface area contributed by atoms with Gasteiger partial charge in [0.15, 0.2) is 23.3 Å². The van der Waals surface area contributed by atoms with Crippen molar-refractivity contribution in [3.8, 4) is 11.5 Å². The number of carboxylic acid groups (broad SMARTS) is 1. The summed E-state index contributed by atoms with van der Waals surface area (Å²) in [5.74, 6) is -0.651. The smallest absolute Gasteiger partial charge is 0.341 e. The van der Waals surface area contributed by atoms with Gasteiger partial charge in [0, 0.05) is 35.8 Å². The molecule has 2 N–H and O–H groups in total. The van der Waals surface area contributed by atoms with Gasteiger partial charge in [-0.15, -0.1) is 0 Å². The van der Waals surface area contributed by atoms with Crippen LogP contribution in [0, 0.1) is 13.7 Å². The number of nitrogens with zero attached hydrogens (tertiary/aromatic N) is 3. The summed E-state index contributed by atoms with van der Waals surface area (Å²) < 4.78 is 11.8. The van der Waals surface area contributed by atoms with Gasteiger partial charge in [-0.2, -0.15) is 0 Å². The Kier molecular flexibility index (Phi) is 9.31. The second kappa shape index (κ2) is 13.3. The van der Waals surface area contributed by atoms with E-state index in [4.69, 9.17) is 14.6 Å². The third kappa shape index (κ3) is 7.00. The van der Waals surface area contributed by atoms with Crippen molar-refractivity contribution in [2.75, 3.05) is 19.8 Å². The lowest BCUT2D eigenvalue weighted by Crippen LogP contribution is -2.31. The summed E-state index contributed by atoms with van der Waals surface area (Å²) >= 11 is 3.25. The average molecular weight is 713 g/mol. The Bertz CT molecular complexity index is 1770. The molecule has 0 bridgehead atoms. The summed E-state index contributed by atoms with van der Waals surface area (Å²) in [5, 5.41) is 21.7. The van der Waals surface area contributed by atoms with E-state index in [1.165, 1.54) is 23.9 Å². The molecule has 1 amide bonds. The lowest BCUT2D eigenvalue weighted by molar-refractivity contribution is -0.384. The number of nitro groups is 1. The van der Waals surface area contributed by atoms with E-state index in [1.54, 1.807) is 35.2 Å². The number of fused-ring (bicyclic) bond motifs is 1. The highest BCUT2D eigenvalue weighted by Crippen LogP contribution is 2.38. The molecule has 1 aliphatic heterocycles. The number of thioether (sulfide) groups is 1. The van der Waals surface area contributed by atoms with Crippen molar-refractivity contribution in [3.63, 3.8) is 0 Å². The third-order valence-corrected chi connectivity index (χ3v) is 8.23. The minimum Gasteiger partial charge on any atom is -0.490 e. The number of aromatic nitrogens is 1. The first-order valence-electron chi connectivity index (χ1n) is 13.1. The molecule has 11 nitrogen and oxygen atoms in total. The normalized spacial score (nSPS) is 15.0. The van der Waals surface area contributed by atoms with Crippen LogP contribution < -0.4 is 9.47 Å². The summed E-state index contributed by atoms with van der Waals surface area (Å²) in [6, 6.07) is 17.3. The number of carbonyl (C=O) groups excluding carboxylic acids is 1. The number of amidine groups is 1. The maximum Gasteiger partial charge on any atom is 0.341 e. The van der Waals surface area contributed by atoms with Gasteiger partial charge in [0.1, 0.15) is 0 Å². The zero-order chi connectivity index (χ0) is 30.5. The van der Waals surface area contributed by atoms with Gasteiger partial charge in [0.05, 0.1) is 25.7 Å². The minimum atomic E-state index is -1.11. The number of non-ortho nitro benzene ring substituents is 1. The van der Waals surface area contributed by atoms with E-state index in [1.807, 2.05) is 60.0 Å². The van der Waals surface area contributed by atoms with Gasteiger partial charge in [-0.1, -0.05) is 18.2 Å². The number of carbonyl (C=O) groups is 2. The largest absolute Gasteiger partial charge is 0.490 e. The zero-order valence-electron chi connectivity index (χ0n) is 22.8. The molecular formula is C30H25IN4O7S. The van der Waals surface area contributed by atoms with Crippen molar-refractivity contribution in [3.05, 3.63) is 96.6 Å². The molecule has 0 atom stereocenters. The van der Waals surface area contributed by atoms with E-state index >= 15 is 0 Å². The van der Waals surface area contributed by atoms with Gasteiger partial charge in [-0.25, -0.2) is 9.79 Å². The molecule has 3 aromatic carbocycles. The Labute approximate surface area is 263 Å². The van der Waals surface area contributed by atoms with Crippen molar-refractivity contribution in [1.29, 1.82) is 0 Å². The SMILES string of the molecule is CCOc1cc(/C=C2\SC(=Nc3ccc([N+](=O)[O-])cc3)N(CCc3c[nH]c4ccccc34)C2=O)cc(I)c1OCC(=O)O. The fraction of sp³-hybridized carbons (Fsp3) is 0.167. The number of aliphatic imine (C=N–C) groups is 1. The number of rotatable bonds is 11. The molecule has 0 unspecified atom stereocenters. The summed E-state index contributed by atoms with van der Waals surface area (Å²) in [7, 11) is 0. The van der Waals surface area contributed by atoms with Crippen LogP contribution in [0.15, 0.2) is 76.8 Å². The summed E-state index contributed by atoms with van der Waals surface area (Å²) in [5.41, 5.74) is 3.17. The predicted octanol–water partition coefficient (Wildman–Crippen LogP) is 6.39. The number of halogens is 1. The number of hydrogen-bond acceptors (Lipinski definition) is 8. The molecule has 4 aromatic rings. The van der Waals surface area contributed by atoms with Gasteiger partial charge in [-0.3, -0.25) is 19.8 Å². The molecule has 2 heterocycles. The molecule has 1 aromatic heterocycles. The highest BCUT2D eigenvalue weighted by Gasteiger charge is 2.33. The Morgan fingerprint density at radius 2 is 1.95 bits per heavy atom. The Balaban J connectivity index is 1.47. The van der Waals surface area contributed by atoms with Gasteiger partial charge < -0.3 is 19.6 Å². The summed E-state index contributed by atoms with van der Waals surface area (Å²) in [6.45, 7) is 1.99. The van der Waals surface area contributed by atoms with Gasteiger partial charge in [0.2, 0.25) is 0 Å². The standard InChI is InChI=1S/C30H25IN4O7S/c1-2-41-25-14-18(13-23(31)28(25)42-17-27(36)37)15-26-29(38)34(12-11-19-16-32-24-6-4-3-5-22(19)24)30(43-26)33-20-7-9-21(10-8-20)35(39)40/h3-10,13-16,32H,2,11-12,17H2,1H3,(H,36,37)/b26-15-,33-30?. The molecule has 0 radical (unpaired) electrons. The van der Waals surface area contributed by atoms with E-state index < -0.39 is 17.5 Å². The van der Waals surface area contributed by atoms with Crippen molar-refractivity contribution in [2.24, 2.45) is 4.99 Å². The summed E-state index contributed by atoms with van der Waals surface area (Å²) in [4.78, 5) is 45.4. The average Bonchev–Trinajstić information content (AvgIpc) is 3.51. The van der Waals surface area contributed by atoms with Crippen LogP contribution in [0.2, 0.25) is 0 Å². The lowest BCUT2D eigenvalue weighted by Gasteiger charge is -2.15. The van der Waals surface area contributed by atoms with E-state index in [-0.39, 0.29) is 11.6 Å². The van der Waals surface area contributed by atoms with Crippen molar-refractivity contribution >= 4 is 79.8 Å². The number of aromatic amines is 1. The maximum atomic E-state index is 13.8. The second-order valence-electron chi connectivity index (χ2n) is 9.29. The van der Waals surface area contributed by atoms with E-state index in [9.17, 15) is 19.7 Å². The van der Waals surface area contributed by atoms with Gasteiger partial charge in [0.25, 0.3) is 11.6 Å².